The Labute approximate surface area is 77.6 Å². The van der Waals surface area contributed by atoms with Crippen molar-refractivity contribution in [3.05, 3.63) is 17.2 Å². The molecule has 3 nitrogen and oxygen atoms in total. The van der Waals surface area contributed by atoms with E-state index in [1.807, 2.05) is 6.92 Å². The summed E-state index contributed by atoms with van der Waals surface area (Å²) >= 11 is 0. The molecule has 0 atom stereocenters. The van der Waals surface area contributed by atoms with Crippen LogP contribution in [0.5, 0.6) is 0 Å². The fourth-order valence-electron chi connectivity index (χ4n) is 2.15. The van der Waals surface area contributed by atoms with Crippen molar-refractivity contribution in [3.8, 4) is 0 Å². The second-order valence-electron chi connectivity index (χ2n) is 3.73. The SMILES string of the molecule is Cc1[nH]c(C=O)nc1C1CCCC1. The first-order chi connectivity index (χ1) is 6.31. The second kappa shape index (κ2) is 3.32. The first kappa shape index (κ1) is 8.48. The summed E-state index contributed by atoms with van der Waals surface area (Å²) < 4.78 is 0. The number of aldehydes is 1. The van der Waals surface area contributed by atoms with E-state index in [-0.39, 0.29) is 0 Å². The maximum Gasteiger partial charge on any atom is 0.185 e. The maximum atomic E-state index is 10.5. The lowest BCUT2D eigenvalue weighted by Gasteiger charge is -2.05. The van der Waals surface area contributed by atoms with Gasteiger partial charge in [0.25, 0.3) is 0 Å². The van der Waals surface area contributed by atoms with E-state index >= 15 is 0 Å². The molecule has 3 heteroatoms. The topological polar surface area (TPSA) is 45.8 Å². The molecule has 70 valence electrons. The molecule has 1 saturated carbocycles. The molecule has 1 N–H and O–H groups in total. The van der Waals surface area contributed by atoms with Gasteiger partial charge >= 0.3 is 0 Å². The fourth-order valence-corrected chi connectivity index (χ4v) is 2.15. The zero-order valence-corrected chi connectivity index (χ0v) is 7.84. The third-order valence-electron chi connectivity index (χ3n) is 2.79. The van der Waals surface area contributed by atoms with E-state index in [0.717, 1.165) is 17.7 Å². The number of aromatic amines is 1. The highest BCUT2D eigenvalue weighted by atomic mass is 16.1. The van der Waals surface area contributed by atoms with Gasteiger partial charge in [-0.3, -0.25) is 4.79 Å². The van der Waals surface area contributed by atoms with Crippen LogP contribution in [-0.4, -0.2) is 16.3 Å². The quantitative estimate of drug-likeness (QED) is 0.705. The van der Waals surface area contributed by atoms with Crippen LogP contribution in [0.2, 0.25) is 0 Å². The molecule has 0 saturated heterocycles. The van der Waals surface area contributed by atoms with Crippen molar-refractivity contribution in [2.45, 2.75) is 38.5 Å². The molecule has 0 unspecified atom stereocenters. The predicted molar refractivity (Wildman–Crippen MR) is 49.9 cm³/mol. The predicted octanol–water partition coefficient (Wildman–Crippen LogP) is 2.19. The van der Waals surface area contributed by atoms with Crippen LogP contribution in [0, 0.1) is 6.92 Å². The average Bonchev–Trinajstić information content (AvgIpc) is 2.72. The Morgan fingerprint density at radius 3 is 2.69 bits per heavy atom. The van der Waals surface area contributed by atoms with Gasteiger partial charge in [-0.15, -0.1) is 0 Å². The van der Waals surface area contributed by atoms with Crippen molar-refractivity contribution in [2.24, 2.45) is 0 Å². The van der Waals surface area contributed by atoms with Crippen LogP contribution in [0.15, 0.2) is 0 Å². The number of hydrogen-bond donors (Lipinski definition) is 1. The van der Waals surface area contributed by atoms with Crippen molar-refractivity contribution < 1.29 is 4.79 Å². The molecular weight excluding hydrogens is 164 g/mol. The number of rotatable bonds is 2. The maximum absolute atomic E-state index is 10.5. The number of carbonyl (C=O) groups excluding carboxylic acids is 1. The van der Waals surface area contributed by atoms with Crippen LogP contribution in [0.3, 0.4) is 0 Å². The minimum atomic E-state index is 0.472. The smallest absolute Gasteiger partial charge is 0.185 e. The van der Waals surface area contributed by atoms with E-state index in [4.69, 9.17) is 0 Å². The van der Waals surface area contributed by atoms with Gasteiger partial charge in [-0.25, -0.2) is 4.98 Å². The number of imidazole rings is 1. The summed E-state index contributed by atoms with van der Waals surface area (Å²) in [4.78, 5) is 17.8. The zero-order chi connectivity index (χ0) is 9.26. The minimum absolute atomic E-state index is 0.472. The molecule has 0 amide bonds. The first-order valence-electron chi connectivity index (χ1n) is 4.83. The molecule has 0 bridgehead atoms. The van der Waals surface area contributed by atoms with Crippen LogP contribution < -0.4 is 0 Å². The van der Waals surface area contributed by atoms with E-state index in [1.165, 1.54) is 25.7 Å². The monoisotopic (exact) mass is 178 g/mol. The minimum Gasteiger partial charge on any atom is -0.340 e. The van der Waals surface area contributed by atoms with E-state index < -0.39 is 0 Å². The van der Waals surface area contributed by atoms with E-state index in [1.54, 1.807) is 0 Å². The summed E-state index contributed by atoms with van der Waals surface area (Å²) in [5.41, 5.74) is 2.17. The largest absolute Gasteiger partial charge is 0.340 e. The summed E-state index contributed by atoms with van der Waals surface area (Å²) in [5, 5.41) is 0. The Morgan fingerprint density at radius 2 is 2.15 bits per heavy atom. The number of carbonyl (C=O) groups is 1. The molecule has 13 heavy (non-hydrogen) atoms. The van der Waals surface area contributed by atoms with Crippen molar-refractivity contribution in [1.82, 2.24) is 9.97 Å². The van der Waals surface area contributed by atoms with Crippen LogP contribution in [0.4, 0.5) is 0 Å². The number of H-pyrrole nitrogens is 1. The highest BCUT2D eigenvalue weighted by Gasteiger charge is 2.21. The van der Waals surface area contributed by atoms with Gasteiger partial charge in [0.1, 0.15) is 0 Å². The lowest BCUT2D eigenvalue weighted by Crippen LogP contribution is -1.95. The molecule has 0 aromatic carbocycles. The molecule has 1 aromatic rings. The highest BCUT2D eigenvalue weighted by molar-refractivity contribution is 5.69. The van der Waals surface area contributed by atoms with Crippen LogP contribution in [-0.2, 0) is 0 Å². The van der Waals surface area contributed by atoms with E-state index in [0.29, 0.717) is 11.7 Å². The Balaban J connectivity index is 2.27. The number of nitrogens with one attached hydrogen (secondary N) is 1. The third kappa shape index (κ3) is 1.50. The average molecular weight is 178 g/mol. The Morgan fingerprint density at radius 1 is 1.46 bits per heavy atom. The normalized spacial score (nSPS) is 17.9. The van der Waals surface area contributed by atoms with Crippen molar-refractivity contribution in [1.29, 1.82) is 0 Å². The van der Waals surface area contributed by atoms with E-state index in [2.05, 4.69) is 9.97 Å². The van der Waals surface area contributed by atoms with Gasteiger partial charge in [0.2, 0.25) is 0 Å². The molecule has 1 aliphatic rings. The number of aromatic nitrogens is 2. The van der Waals surface area contributed by atoms with Gasteiger partial charge in [0.15, 0.2) is 12.1 Å². The van der Waals surface area contributed by atoms with Gasteiger partial charge in [0, 0.05) is 11.6 Å². The van der Waals surface area contributed by atoms with Crippen molar-refractivity contribution >= 4 is 6.29 Å². The molecular formula is C10H14N2O. The number of hydrogen-bond acceptors (Lipinski definition) is 2. The van der Waals surface area contributed by atoms with Gasteiger partial charge in [-0.1, -0.05) is 12.8 Å². The van der Waals surface area contributed by atoms with Crippen molar-refractivity contribution in [2.75, 3.05) is 0 Å². The second-order valence-corrected chi connectivity index (χ2v) is 3.73. The Hall–Kier alpha value is -1.12. The lowest BCUT2D eigenvalue weighted by atomic mass is 10.0. The van der Waals surface area contributed by atoms with Crippen LogP contribution >= 0.6 is 0 Å². The molecule has 1 aliphatic carbocycles. The highest BCUT2D eigenvalue weighted by Crippen LogP contribution is 2.34. The number of aryl methyl sites for hydroxylation is 1. The summed E-state index contributed by atoms with van der Waals surface area (Å²) in [6.45, 7) is 1.99. The Kier molecular flexibility index (Phi) is 2.17. The molecule has 1 heterocycles. The number of nitrogens with zero attached hydrogens (tertiary/aromatic N) is 1. The fraction of sp³-hybridized carbons (Fsp3) is 0.600. The van der Waals surface area contributed by atoms with Crippen LogP contribution in [0.25, 0.3) is 0 Å². The lowest BCUT2D eigenvalue weighted by molar-refractivity contribution is 0.111. The van der Waals surface area contributed by atoms with Gasteiger partial charge in [-0.2, -0.15) is 0 Å². The van der Waals surface area contributed by atoms with E-state index in [9.17, 15) is 4.79 Å². The van der Waals surface area contributed by atoms with Crippen molar-refractivity contribution in [3.63, 3.8) is 0 Å². The van der Waals surface area contributed by atoms with Gasteiger partial charge < -0.3 is 4.98 Å². The third-order valence-corrected chi connectivity index (χ3v) is 2.79. The van der Waals surface area contributed by atoms with Gasteiger partial charge in [0.05, 0.1) is 5.69 Å². The van der Waals surface area contributed by atoms with Gasteiger partial charge in [-0.05, 0) is 19.8 Å². The molecule has 0 aliphatic heterocycles. The van der Waals surface area contributed by atoms with Crippen LogP contribution in [0.1, 0.15) is 53.6 Å². The molecule has 1 fully saturated rings. The summed E-state index contributed by atoms with van der Waals surface area (Å²) in [7, 11) is 0. The summed E-state index contributed by atoms with van der Waals surface area (Å²) in [6.07, 6.45) is 5.83. The summed E-state index contributed by atoms with van der Waals surface area (Å²) in [5.74, 6) is 1.06. The standard InChI is InChI=1S/C10H14N2O/c1-7-10(8-4-2-3-5-8)12-9(6-13)11-7/h6,8H,2-5H2,1H3,(H,11,12). The molecule has 0 spiro atoms. The molecule has 0 radical (unpaired) electrons. The summed E-state index contributed by atoms with van der Waals surface area (Å²) in [6, 6.07) is 0. The molecule has 2 rings (SSSR count). The Bertz CT molecular complexity index is 311. The molecule has 1 aromatic heterocycles. The zero-order valence-electron chi connectivity index (χ0n) is 7.84. The first-order valence-corrected chi connectivity index (χ1v) is 4.83.